The van der Waals surface area contributed by atoms with Gasteiger partial charge in [-0.1, -0.05) is 30.3 Å². The van der Waals surface area contributed by atoms with Crippen LogP contribution < -0.4 is 10.5 Å². The fourth-order valence-electron chi connectivity index (χ4n) is 4.52. The molecule has 0 atom stereocenters. The van der Waals surface area contributed by atoms with Gasteiger partial charge in [-0.3, -0.25) is 9.59 Å². The molecular formula is C27H30N2O4. The van der Waals surface area contributed by atoms with Crippen LogP contribution in [-0.4, -0.2) is 36.4 Å². The number of primary amides is 1. The molecule has 6 heteroatoms. The molecule has 1 aliphatic rings. The maximum absolute atomic E-state index is 13.0. The van der Waals surface area contributed by atoms with Gasteiger partial charge in [0.15, 0.2) is 0 Å². The number of amides is 2. The minimum Gasteiger partial charge on any atom is -0.493 e. The quantitative estimate of drug-likeness (QED) is 0.544. The van der Waals surface area contributed by atoms with Crippen LogP contribution in [0.4, 0.5) is 0 Å². The highest BCUT2D eigenvalue weighted by Crippen LogP contribution is 2.40. The summed E-state index contributed by atoms with van der Waals surface area (Å²) in [6.45, 7) is 7.43. The zero-order valence-electron chi connectivity index (χ0n) is 19.4. The third-order valence-corrected chi connectivity index (χ3v) is 6.39. The van der Waals surface area contributed by atoms with Crippen LogP contribution in [0.2, 0.25) is 0 Å². The van der Waals surface area contributed by atoms with E-state index in [0.29, 0.717) is 32.5 Å². The number of carbonyl (C=O) groups excluding carboxylic acids is 2. The van der Waals surface area contributed by atoms with Crippen molar-refractivity contribution in [3.8, 4) is 16.9 Å². The monoisotopic (exact) mass is 446 g/mol. The van der Waals surface area contributed by atoms with E-state index in [1.54, 1.807) is 17.2 Å². The molecule has 0 unspecified atom stereocenters. The van der Waals surface area contributed by atoms with Crippen molar-refractivity contribution < 1.29 is 18.7 Å². The largest absolute Gasteiger partial charge is 0.493 e. The maximum Gasteiger partial charge on any atom is 0.246 e. The number of piperidine rings is 1. The fourth-order valence-corrected chi connectivity index (χ4v) is 4.52. The Morgan fingerprint density at radius 3 is 2.55 bits per heavy atom. The van der Waals surface area contributed by atoms with Crippen LogP contribution in [0.5, 0.6) is 5.75 Å². The molecule has 1 aromatic heterocycles. The van der Waals surface area contributed by atoms with Gasteiger partial charge in [0.25, 0.3) is 0 Å². The van der Waals surface area contributed by atoms with E-state index in [1.807, 2.05) is 39.0 Å². The van der Waals surface area contributed by atoms with Crippen LogP contribution in [0.3, 0.4) is 0 Å². The van der Waals surface area contributed by atoms with Gasteiger partial charge in [-0.15, -0.1) is 0 Å². The van der Waals surface area contributed by atoms with E-state index in [0.717, 1.165) is 44.5 Å². The molecule has 0 spiro atoms. The fraction of sp³-hybridized carbons (Fsp3) is 0.333. The molecule has 1 saturated heterocycles. The Bertz CT molecular complexity index is 1200. The number of nitrogens with two attached hydrogens (primary N) is 1. The number of rotatable bonds is 6. The van der Waals surface area contributed by atoms with Crippen molar-refractivity contribution in [1.29, 1.82) is 0 Å². The van der Waals surface area contributed by atoms with Crippen molar-refractivity contribution in [2.75, 3.05) is 19.7 Å². The van der Waals surface area contributed by atoms with Crippen LogP contribution >= 0.6 is 0 Å². The van der Waals surface area contributed by atoms with Gasteiger partial charge in [-0.25, -0.2) is 0 Å². The minimum atomic E-state index is -0.284. The summed E-state index contributed by atoms with van der Waals surface area (Å²) >= 11 is 0. The summed E-state index contributed by atoms with van der Waals surface area (Å²) in [5, 5.41) is 0.986. The number of benzene rings is 2. The first kappa shape index (κ1) is 22.6. The Hall–Kier alpha value is -3.54. The van der Waals surface area contributed by atoms with E-state index < -0.39 is 0 Å². The SMILES string of the molecule is CCOc1c(/C(C)=C/C(=O)N2CCC(C(N)=O)CC2)cc2c(-c3ccccc3)coc2c1C. The number of aryl methyl sites for hydroxylation is 1. The number of carbonyl (C=O) groups is 2. The van der Waals surface area contributed by atoms with Crippen molar-refractivity contribution in [2.24, 2.45) is 11.7 Å². The predicted octanol–water partition coefficient (Wildman–Crippen LogP) is 4.93. The van der Waals surface area contributed by atoms with Crippen molar-refractivity contribution in [1.82, 2.24) is 4.90 Å². The zero-order chi connectivity index (χ0) is 23.5. The van der Waals surface area contributed by atoms with E-state index >= 15 is 0 Å². The lowest BCUT2D eigenvalue weighted by atomic mass is 9.95. The lowest BCUT2D eigenvalue weighted by Gasteiger charge is -2.30. The van der Waals surface area contributed by atoms with Crippen LogP contribution in [0, 0.1) is 12.8 Å². The Morgan fingerprint density at radius 1 is 1.21 bits per heavy atom. The highest BCUT2D eigenvalue weighted by Gasteiger charge is 2.25. The summed E-state index contributed by atoms with van der Waals surface area (Å²) in [4.78, 5) is 26.2. The number of fused-ring (bicyclic) bond motifs is 1. The van der Waals surface area contributed by atoms with Gasteiger partial charge in [-0.05, 0) is 50.8 Å². The van der Waals surface area contributed by atoms with Gasteiger partial charge < -0.3 is 19.8 Å². The van der Waals surface area contributed by atoms with Crippen molar-refractivity contribution in [3.63, 3.8) is 0 Å². The van der Waals surface area contributed by atoms with Crippen LogP contribution in [0.1, 0.15) is 37.8 Å². The van der Waals surface area contributed by atoms with Gasteiger partial charge in [0.2, 0.25) is 11.8 Å². The molecule has 0 aliphatic carbocycles. The molecule has 3 aromatic rings. The average molecular weight is 447 g/mol. The lowest BCUT2D eigenvalue weighted by molar-refractivity contribution is -0.130. The number of likely N-dealkylation sites (tertiary alicyclic amines) is 1. The van der Waals surface area contributed by atoms with E-state index in [1.165, 1.54) is 0 Å². The smallest absolute Gasteiger partial charge is 0.246 e. The number of allylic oxidation sites excluding steroid dienone is 1. The molecule has 6 nitrogen and oxygen atoms in total. The highest BCUT2D eigenvalue weighted by molar-refractivity contribution is 6.01. The lowest BCUT2D eigenvalue weighted by Crippen LogP contribution is -2.41. The number of nitrogens with zero attached hydrogens (tertiary/aromatic N) is 1. The molecule has 0 saturated carbocycles. The van der Waals surface area contributed by atoms with Crippen LogP contribution in [0.15, 0.2) is 53.2 Å². The van der Waals surface area contributed by atoms with Gasteiger partial charge in [0, 0.05) is 47.2 Å². The standard InChI is InChI=1S/C27H30N2O4/c1-4-32-25-18(3)26-22(23(16-33-26)19-8-6-5-7-9-19)15-21(25)17(2)14-24(30)29-12-10-20(11-13-29)27(28)31/h5-9,14-16,20H,4,10-13H2,1-3H3,(H2,28,31)/b17-14+. The first-order chi connectivity index (χ1) is 15.9. The van der Waals surface area contributed by atoms with E-state index in [4.69, 9.17) is 14.9 Å². The van der Waals surface area contributed by atoms with E-state index in [9.17, 15) is 9.59 Å². The molecule has 172 valence electrons. The summed E-state index contributed by atoms with van der Waals surface area (Å²) in [5.41, 5.74) is 10.9. The highest BCUT2D eigenvalue weighted by atomic mass is 16.5. The zero-order valence-corrected chi connectivity index (χ0v) is 19.4. The van der Waals surface area contributed by atoms with Crippen molar-refractivity contribution in [2.45, 2.75) is 33.6 Å². The van der Waals surface area contributed by atoms with Gasteiger partial charge in [-0.2, -0.15) is 0 Å². The van der Waals surface area contributed by atoms with Gasteiger partial charge in [0.1, 0.15) is 11.3 Å². The van der Waals surface area contributed by atoms with Crippen molar-refractivity contribution in [3.05, 3.63) is 59.9 Å². The van der Waals surface area contributed by atoms with E-state index in [2.05, 4.69) is 18.2 Å². The van der Waals surface area contributed by atoms with Gasteiger partial charge in [0.05, 0.1) is 12.9 Å². The molecule has 1 fully saturated rings. The van der Waals surface area contributed by atoms with Gasteiger partial charge >= 0.3 is 0 Å². The Morgan fingerprint density at radius 2 is 1.91 bits per heavy atom. The molecular weight excluding hydrogens is 416 g/mol. The third-order valence-electron chi connectivity index (χ3n) is 6.39. The first-order valence-corrected chi connectivity index (χ1v) is 11.4. The van der Waals surface area contributed by atoms with Crippen molar-refractivity contribution >= 4 is 28.4 Å². The Labute approximate surface area is 194 Å². The minimum absolute atomic E-state index is 0.0638. The second-order valence-corrected chi connectivity index (χ2v) is 8.53. The number of hydrogen-bond donors (Lipinski definition) is 1. The van der Waals surface area contributed by atoms with Crippen LogP contribution in [-0.2, 0) is 9.59 Å². The second-order valence-electron chi connectivity index (χ2n) is 8.53. The summed E-state index contributed by atoms with van der Waals surface area (Å²) < 4.78 is 12.0. The molecule has 2 heterocycles. The third kappa shape index (κ3) is 4.51. The normalized spacial score (nSPS) is 15.1. The number of furan rings is 1. The summed E-state index contributed by atoms with van der Waals surface area (Å²) in [7, 11) is 0. The first-order valence-electron chi connectivity index (χ1n) is 11.4. The number of ether oxygens (including phenoxy) is 1. The van der Waals surface area contributed by atoms with Crippen LogP contribution in [0.25, 0.3) is 27.7 Å². The molecule has 2 amide bonds. The molecule has 2 N–H and O–H groups in total. The average Bonchev–Trinajstić information content (AvgIpc) is 3.25. The summed E-state index contributed by atoms with van der Waals surface area (Å²) in [6.07, 6.45) is 4.66. The molecule has 33 heavy (non-hydrogen) atoms. The molecule has 0 bridgehead atoms. The predicted molar refractivity (Wildman–Crippen MR) is 130 cm³/mol. The Kier molecular flexibility index (Phi) is 6.54. The molecule has 1 aliphatic heterocycles. The van der Waals surface area contributed by atoms with E-state index in [-0.39, 0.29) is 17.7 Å². The summed E-state index contributed by atoms with van der Waals surface area (Å²) in [5.74, 6) is 0.235. The maximum atomic E-state index is 13.0. The topological polar surface area (TPSA) is 85.8 Å². The summed E-state index contributed by atoms with van der Waals surface area (Å²) in [6, 6.07) is 12.1. The molecule has 4 rings (SSSR count). The number of hydrogen-bond acceptors (Lipinski definition) is 4. The molecule has 0 radical (unpaired) electrons. The molecule has 2 aromatic carbocycles. The Balaban J connectivity index is 1.71. The second kappa shape index (κ2) is 9.53.